The summed E-state index contributed by atoms with van der Waals surface area (Å²) in [5.41, 5.74) is 2.40. The summed E-state index contributed by atoms with van der Waals surface area (Å²) in [6.07, 6.45) is 5.39. The summed E-state index contributed by atoms with van der Waals surface area (Å²) in [7, 11) is 0. The third kappa shape index (κ3) is 4.32. The van der Waals surface area contributed by atoms with Gasteiger partial charge in [0.15, 0.2) is 0 Å². The third-order valence-corrected chi connectivity index (χ3v) is 3.11. The van der Waals surface area contributed by atoms with E-state index in [0.717, 1.165) is 25.1 Å². The molecule has 1 aromatic heterocycles. The first-order valence-electron chi connectivity index (χ1n) is 7.23. The van der Waals surface area contributed by atoms with Crippen molar-refractivity contribution in [3.05, 3.63) is 53.9 Å². The van der Waals surface area contributed by atoms with Crippen molar-refractivity contribution in [2.24, 2.45) is 0 Å². The molecule has 2 rings (SSSR count). The summed E-state index contributed by atoms with van der Waals surface area (Å²) in [6, 6.07) is 10.6. The van der Waals surface area contributed by atoms with Crippen LogP contribution in [-0.2, 0) is 0 Å². The van der Waals surface area contributed by atoms with Gasteiger partial charge in [0.1, 0.15) is 0 Å². The summed E-state index contributed by atoms with van der Waals surface area (Å²) in [5, 5.41) is 14.9. The number of unbranched alkanes of at least 4 members (excludes halogenated alkanes) is 1. The zero-order valence-corrected chi connectivity index (χ0v) is 12.5. The molecule has 2 aromatic rings. The molecule has 0 atom stereocenters. The van der Waals surface area contributed by atoms with Gasteiger partial charge in [-0.1, -0.05) is 19.4 Å². The average Bonchev–Trinajstić information content (AvgIpc) is 2.55. The van der Waals surface area contributed by atoms with Crippen molar-refractivity contribution in [1.29, 1.82) is 5.26 Å². The Kier molecular flexibility index (Phi) is 5.50. The number of anilines is 2. The van der Waals surface area contributed by atoms with E-state index in [1.165, 1.54) is 6.20 Å². The lowest BCUT2D eigenvalue weighted by atomic mass is 10.2. The van der Waals surface area contributed by atoms with Crippen molar-refractivity contribution in [2.75, 3.05) is 17.2 Å². The van der Waals surface area contributed by atoms with Crippen LogP contribution in [0.15, 0.2) is 42.7 Å². The largest absolute Gasteiger partial charge is 0.384 e. The van der Waals surface area contributed by atoms with Gasteiger partial charge in [-0.05, 0) is 30.7 Å². The number of carbonyl (C=O) groups excluding carboxylic acids is 1. The van der Waals surface area contributed by atoms with Crippen LogP contribution in [0, 0.1) is 11.3 Å². The van der Waals surface area contributed by atoms with Crippen molar-refractivity contribution < 1.29 is 4.79 Å². The molecule has 1 aromatic carbocycles. The summed E-state index contributed by atoms with van der Waals surface area (Å²) in [4.78, 5) is 16.3. The van der Waals surface area contributed by atoms with Gasteiger partial charge in [0.2, 0.25) is 0 Å². The topological polar surface area (TPSA) is 77.8 Å². The van der Waals surface area contributed by atoms with Gasteiger partial charge in [-0.25, -0.2) is 0 Å². The Morgan fingerprint density at radius 3 is 2.91 bits per heavy atom. The van der Waals surface area contributed by atoms with Crippen LogP contribution >= 0.6 is 0 Å². The van der Waals surface area contributed by atoms with Crippen LogP contribution in [0.2, 0.25) is 0 Å². The number of benzene rings is 1. The second-order valence-electron chi connectivity index (χ2n) is 4.89. The summed E-state index contributed by atoms with van der Waals surface area (Å²) >= 11 is 0. The summed E-state index contributed by atoms with van der Waals surface area (Å²) < 4.78 is 0. The zero-order valence-electron chi connectivity index (χ0n) is 12.5. The molecule has 112 valence electrons. The summed E-state index contributed by atoms with van der Waals surface area (Å²) in [6.45, 7) is 2.98. The second-order valence-corrected chi connectivity index (χ2v) is 4.89. The molecule has 0 fully saturated rings. The van der Waals surface area contributed by atoms with Crippen molar-refractivity contribution in [3.8, 4) is 6.07 Å². The van der Waals surface area contributed by atoms with E-state index in [9.17, 15) is 4.79 Å². The lowest BCUT2D eigenvalue weighted by Gasteiger charge is -2.08. The third-order valence-electron chi connectivity index (χ3n) is 3.11. The molecule has 0 bridgehead atoms. The van der Waals surface area contributed by atoms with Crippen LogP contribution in [-0.4, -0.2) is 17.4 Å². The monoisotopic (exact) mass is 294 g/mol. The van der Waals surface area contributed by atoms with E-state index in [-0.39, 0.29) is 5.91 Å². The van der Waals surface area contributed by atoms with Crippen molar-refractivity contribution >= 4 is 17.3 Å². The number of hydrogen-bond acceptors (Lipinski definition) is 4. The standard InChI is InChI=1S/C17H18N4O/c1-2-3-7-20-16-9-14(11-19-12-16)17(22)21-15-6-4-5-13(8-15)10-18/h4-6,8-9,11-12,20H,2-3,7H2,1H3,(H,21,22). The van der Waals surface area contributed by atoms with Gasteiger partial charge in [-0.3, -0.25) is 9.78 Å². The first kappa shape index (κ1) is 15.5. The molecule has 0 radical (unpaired) electrons. The van der Waals surface area contributed by atoms with E-state index in [1.807, 2.05) is 6.07 Å². The van der Waals surface area contributed by atoms with Gasteiger partial charge in [-0.2, -0.15) is 5.26 Å². The van der Waals surface area contributed by atoms with E-state index in [1.54, 1.807) is 36.5 Å². The highest BCUT2D eigenvalue weighted by Crippen LogP contribution is 2.13. The fourth-order valence-corrected chi connectivity index (χ4v) is 1.94. The molecule has 22 heavy (non-hydrogen) atoms. The first-order chi connectivity index (χ1) is 10.7. The highest BCUT2D eigenvalue weighted by molar-refractivity contribution is 6.04. The minimum Gasteiger partial charge on any atom is -0.384 e. The molecule has 0 aliphatic heterocycles. The number of aromatic nitrogens is 1. The molecule has 0 saturated carbocycles. The number of carbonyl (C=O) groups is 1. The smallest absolute Gasteiger partial charge is 0.257 e. The maximum absolute atomic E-state index is 12.2. The molecule has 5 heteroatoms. The Morgan fingerprint density at radius 2 is 2.14 bits per heavy atom. The van der Waals surface area contributed by atoms with Crippen LogP contribution in [0.1, 0.15) is 35.7 Å². The number of nitrogens with zero attached hydrogens (tertiary/aromatic N) is 2. The predicted molar refractivity (Wildman–Crippen MR) is 86.7 cm³/mol. The molecule has 0 unspecified atom stereocenters. The fraction of sp³-hybridized carbons (Fsp3) is 0.235. The predicted octanol–water partition coefficient (Wildman–Crippen LogP) is 3.42. The fourth-order valence-electron chi connectivity index (χ4n) is 1.94. The lowest BCUT2D eigenvalue weighted by Crippen LogP contribution is -2.13. The summed E-state index contributed by atoms with van der Waals surface area (Å²) in [5.74, 6) is -0.248. The molecule has 2 N–H and O–H groups in total. The van der Waals surface area contributed by atoms with E-state index in [2.05, 4.69) is 22.5 Å². The molecule has 5 nitrogen and oxygen atoms in total. The van der Waals surface area contributed by atoms with Crippen LogP contribution in [0.5, 0.6) is 0 Å². The zero-order chi connectivity index (χ0) is 15.8. The SMILES string of the molecule is CCCCNc1cncc(C(=O)Nc2cccc(C#N)c2)c1. The lowest BCUT2D eigenvalue weighted by molar-refractivity contribution is 0.102. The molecular formula is C17H18N4O. The van der Waals surface area contributed by atoms with Crippen molar-refractivity contribution in [1.82, 2.24) is 4.98 Å². The highest BCUT2D eigenvalue weighted by Gasteiger charge is 2.08. The van der Waals surface area contributed by atoms with Crippen LogP contribution in [0.3, 0.4) is 0 Å². The molecule has 1 heterocycles. The first-order valence-corrected chi connectivity index (χ1v) is 7.23. The van der Waals surface area contributed by atoms with E-state index in [0.29, 0.717) is 16.8 Å². The minimum absolute atomic E-state index is 0.248. The Morgan fingerprint density at radius 1 is 1.27 bits per heavy atom. The van der Waals surface area contributed by atoms with Gasteiger partial charge < -0.3 is 10.6 Å². The maximum Gasteiger partial charge on any atom is 0.257 e. The van der Waals surface area contributed by atoms with Crippen molar-refractivity contribution in [3.63, 3.8) is 0 Å². The van der Waals surface area contributed by atoms with Gasteiger partial charge in [0.25, 0.3) is 5.91 Å². The molecule has 0 aliphatic carbocycles. The Balaban J connectivity index is 2.05. The van der Waals surface area contributed by atoms with E-state index >= 15 is 0 Å². The molecule has 1 amide bonds. The molecule has 0 spiro atoms. The van der Waals surface area contributed by atoms with Crippen LogP contribution < -0.4 is 10.6 Å². The normalized spacial score (nSPS) is 9.82. The number of hydrogen-bond donors (Lipinski definition) is 2. The van der Waals surface area contributed by atoms with Gasteiger partial charge in [0, 0.05) is 24.6 Å². The average molecular weight is 294 g/mol. The highest BCUT2D eigenvalue weighted by atomic mass is 16.1. The maximum atomic E-state index is 12.2. The van der Waals surface area contributed by atoms with E-state index < -0.39 is 0 Å². The van der Waals surface area contributed by atoms with Crippen LogP contribution in [0.4, 0.5) is 11.4 Å². The van der Waals surface area contributed by atoms with Gasteiger partial charge in [0.05, 0.1) is 22.9 Å². The number of nitriles is 1. The van der Waals surface area contributed by atoms with E-state index in [4.69, 9.17) is 5.26 Å². The molecule has 0 saturated heterocycles. The minimum atomic E-state index is -0.248. The number of nitrogens with one attached hydrogen (secondary N) is 2. The number of amides is 1. The number of pyridine rings is 1. The number of rotatable bonds is 6. The van der Waals surface area contributed by atoms with Gasteiger partial charge >= 0.3 is 0 Å². The van der Waals surface area contributed by atoms with Crippen molar-refractivity contribution in [2.45, 2.75) is 19.8 Å². The quantitative estimate of drug-likeness (QED) is 0.800. The second kappa shape index (κ2) is 7.79. The molecular weight excluding hydrogens is 276 g/mol. The molecule has 0 aliphatic rings. The van der Waals surface area contributed by atoms with Crippen LogP contribution in [0.25, 0.3) is 0 Å². The Bertz CT molecular complexity index is 691. The Hall–Kier alpha value is -2.87. The Labute approximate surface area is 130 Å². The van der Waals surface area contributed by atoms with Gasteiger partial charge in [-0.15, -0.1) is 0 Å².